The Kier molecular flexibility index (Phi) is 4.36. The van der Waals surface area contributed by atoms with Crippen molar-refractivity contribution >= 4 is 17.3 Å². The highest BCUT2D eigenvalue weighted by atomic mass is 16.6. The summed E-state index contributed by atoms with van der Waals surface area (Å²) in [6.45, 7) is 1.58. The number of anilines is 1. The minimum Gasteiger partial charge on any atom is -0.377 e. The van der Waals surface area contributed by atoms with Crippen LogP contribution in [-0.2, 0) is 0 Å². The van der Waals surface area contributed by atoms with E-state index in [2.05, 4.69) is 5.32 Å². The predicted octanol–water partition coefficient (Wildman–Crippen LogP) is 3.82. The third kappa shape index (κ3) is 3.48. The lowest BCUT2D eigenvalue weighted by atomic mass is 9.75. The molecule has 0 unspecified atom stereocenters. The van der Waals surface area contributed by atoms with Crippen molar-refractivity contribution in [1.29, 1.82) is 0 Å². The summed E-state index contributed by atoms with van der Waals surface area (Å²) in [5.41, 5.74) is 0.961. The van der Waals surface area contributed by atoms with Gasteiger partial charge in [0.25, 0.3) is 11.6 Å². The molecule has 1 aromatic rings. The van der Waals surface area contributed by atoms with E-state index in [1.54, 1.807) is 12.1 Å². The fraction of sp³-hybridized carbons (Fsp3) is 0.632. The molecule has 2 atom stereocenters. The predicted molar refractivity (Wildman–Crippen MR) is 95.7 cm³/mol. The Bertz CT molecular complexity index is 686. The van der Waals surface area contributed by atoms with Crippen LogP contribution in [0.2, 0.25) is 0 Å². The van der Waals surface area contributed by atoms with Gasteiger partial charge in [-0.05, 0) is 49.7 Å². The quantitative estimate of drug-likeness (QED) is 0.666. The first-order valence-electron chi connectivity index (χ1n) is 9.46. The van der Waals surface area contributed by atoms with Crippen molar-refractivity contribution in [3.05, 3.63) is 33.9 Å². The molecule has 1 heterocycles. The van der Waals surface area contributed by atoms with Crippen molar-refractivity contribution in [3.8, 4) is 0 Å². The minimum absolute atomic E-state index is 0.00491. The maximum absolute atomic E-state index is 12.9. The molecule has 1 aliphatic heterocycles. The third-order valence-electron chi connectivity index (χ3n) is 5.96. The molecular formula is C19H25N3O3. The largest absolute Gasteiger partial charge is 0.377 e. The molecule has 1 amide bonds. The first kappa shape index (κ1) is 16.4. The molecule has 2 aliphatic carbocycles. The van der Waals surface area contributed by atoms with Gasteiger partial charge in [-0.1, -0.05) is 19.3 Å². The van der Waals surface area contributed by atoms with Crippen molar-refractivity contribution in [2.75, 3.05) is 18.4 Å². The second kappa shape index (κ2) is 6.65. The molecule has 3 aliphatic rings. The normalized spacial score (nSPS) is 26.0. The number of hydrogen-bond donors (Lipinski definition) is 1. The van der Waals surface area contributed by atoms with Crippen molar-refractivity contribution in [2.45, 2.75) is 51.0 Å². The molecule has 4 rings (SSSR count). The Morgan fingerprint density at radius 1 is 1.12 bits per heavy atom. The van der Waals surface area contributed by atoms with Crippen molar-refractivity contribution < 1.29 is 9.72 Å². The lowest BCUT2D eigenvalue weighted by Gasteiger charge is -2.41. The third-order valence-corrected chi connectivity index (χ3v) is 5.96. The van der Waals surface area contributed by atoms with E-state index in [0.29, 0.717) is 23.2 Å². The number of piperidine rings is 1. The number of hydrogen-bond acceptors (Lipinski definition) is 4. The molecule has 0 bridgehead atoms. The maximum atomic E-state index is 12.9. The Balaban J connectivity index is 1.51. The van der Waals surface area contributed by atoms with Crippen LogP contribution in [0, 0.1) is 22.0 Å². The molecule has 0 radical (unpaired) electrons. The van der Waals surface area contributed by atoms with Crippen molar-refractivity contribution in [3.63, 3.8) is 0 Å². The summed E-state index contributed by atoms with van der Waals surface area (Å²) < 4.78 is 0. The lowest BCUT2D eigenvalue weighted by molar-refractivity contribution is -0.384. The Morgan fingerprint density at radius 3 is 2.60 bits per heavy atom. The topological polar surface area (TPSA) is 75.5 Å². The monoisotopic (exact) mass is 343 g/mol. The zero-order valence-electron chi connectivity index (χ0n) is 14.4. The van der Waals surface area contributed by atoms with Crippen LogP contribution in [0.25, 0.3) is 0 Å². The van der Waals surface area contributed by atoms with Gasteiger partial charge in [0.15, 0.2) is 0 Å². The molecule has 6 heteroatoms. The molecule has 3 fully saturated rings. The molecule has 2 saturated carbocycles. The zero-order valence-corrected chi connectivity index (χ0v) is 14.4. The van der Waals surface area contributed by atoms with Gasteiger partial charge >= 0.3 is 0 Å². The number of nitrogens with zero attached hydrogens (tertiary/aromatic N) is 2. The molecule has 134 valence electrons. The van der Waals surface area contributed by atoms with Gasteiger partial charge in [0.2, 0.25) is 0 Å². The van der Waals surface area contributed by atoms with Gasteiger partial charge in [-0.15, -0.1) is 0 Å². The summed E-state index contributed by atoms with van der Waals surface area (Å²) in [5, 5.41) is 14.6. The van der Waals surface area contributed by atoms with Crippen LogP contribution >= 0.6 is 0 Å². The van der Waals surface area contributed by atoms with Crippen LogP contribution in [-0.4, -0.2) is 34.9 Å². The summed E-state index contributed by atoms with van der Waals surface area (Å²) in [4.78, 5) is 25.8. The van der Waals surface area contributed by atoms with Crippen LogP contribution < -0.4 is 5.32 Å². The first-order valence-corrected chi connectivity index (χ1v) is 9.46. The number of nitrogens with one attached hydrogen (secondary N) is 1. The molecule has 0 spiro atoms. The summed E-state index contributed by atoms with van der Waals surface area (Å²) >= 11 is 0. The second-order valence-corrected chi connectivity index (χ2v) is 7.75. The van der Waals surface area contributed by atoms with Crippen LogP contribution in [0.15, 0.2) is 18.2 Å². The van der Waals surface area contributed by atoms with E-state index in [1.165, 1.54) is 31.7 Å². The number of likely N-dealkylation sites (tertiary alicyclic amines) is 1. The summed E-state index contributed by atoms with van der Waals surface area (Å²) in [6.07, 6.45) is 8.24. The SMILES string of the molecule is O=C(c1ccc(NC2CC2)c([N+](=O)[O-])c1)N1CC[C@H]2CCCC[C@H]2C1. The average molecular weight is 343 g/mol. The van der Waals surface area contributed by atoms with E-state index in [0.717, 1.165) is 38.3 Å². The van der Waals surface area contributed by atoms with Crippen LogP contribution in [0.1, 0.15) is 55.3 Å². The molecule has 0 aromatic heterocycles. The minimum atomic E-state index is -0.394. The number of amides is 1. The van der Waals surface area contributed by atoms with Crippen LogP contribution in [0.4, 0.5) is 11.4 Å². The van der Waals surface area contributed by atoms with E-state index in [4.69, 9.17) is 0 Å². The highest BCUT2D eigenvalue weighted by Gasteiger charge is 2.34. The first-order chi connectivity index (χ1) is 12.1. The van der Waals surface area contributed by atoms with Gasteiger partial charge in [0.05, 0.1) is 4.92 Å². The fourth-order valence-corrected chi connectivity index (χ4v) is 4.35. The molecule has 25 heavy (non-hydrogen) atoms. The number of carbonyl (C=O) groups is 1. The summed E-state index contributed by atoms with van der Waals surface area (Å²) in [7, 11) is 0. The smallest absolute Gasteiger partial charge is 0.293 e. The van der Waals surface area contributed by atoms with Crippen LogP contribution in [0.3, 0.4) is 0 Å². The Hall–Kier alpha value is -2.11. The van der Waals surface area contributed by atoms with Gasteiger partial charge < -0.3 is 10.2 Å². The van der Waals surface area contributed by atoms with Gasteiger partial charge in [0, 0.05) is 30.8 Å². The highest BCUT2D eigenvalue weighted by Crippen LogP contribution is 2.37. The van der Waals surface area contributed by atoms with Gasteiger partial charge in [0.1, 0.15) is 5.69 Å². The molecule has 1 N–H and O–H groups in total. The Morgan fingerprint density at radius 2 is 1.88 bits per heavy atom. The molecular weight excluding hydrogens is 318 g/mol. The molecule has 1 saturated heterocycles. The van der Waals surface area contributed by atoms with E-state index in [9.17, 15) is 14.9 Å². The number of nitro benzene ring substituents is 1. The standard InChI is InChI=1S/C19H25N3O3/c23-19(21-10-9-13-3-1-2-4-15(13)12-21)14-5-8-17(20-16-6-7-16)18(11-14)22(24)25/h5,8,11,13,15-16,20H,1-4,6-7,9-10,12H2/t13-,15+/m1/s1. The van der Waals surface area contributed by atoms with E-state index >= 15 is 0 Å². The average Bonchev–Trinajstić information content (AvgIpc) is 3.45. The number of benzene rings is 1. The Labute approximate surface area is 147 Å². The second-order valence-electron chi connectivity index (χ2n) is 7.75. The van der Waals surface area contributed by atoms with Gasteiger partial charge in [-0.2, -0.15) is 0 Å². The van der Waals surface area contributed by atoms with Gasteiger partial charge in [-0.3, -0.25) is 14.9 Å². The van der Waals surface area contributed by atoms with E-state index < -0.39 is 4.92 Å². The molecule has 6 nitrogen and oxygen atoms in total. The van der Waals surface area contributed by atoms with Crippen LogP contribution in [0.5, 0.6) is 0 Å². The number of rotatable bonds is 4. The highest BCUT2D eigenvalue weighted by molar-refractivity contribution is 5.95. The summed E-state index contributed by atoms with van der Waals surface area (Å²) in [6, 6.07) is 5.20. The zero-order chi connectivity index (χ0) is 17.4. The number of carbonyl (C=O) groups excluding carboxylic acids is 1. The van der Waals surface area contributed by atoms with E-state index in [1.807, 2.05) is 4.90 Å². The van der Waals surface area contributed by atoms with E-state index in [-0.39, 0.29) is 11.6 Å². The van der Waals surface area contributed by atoms with Gasteiger partial charge in [-0.25, -0.2) is 0 Å². The molecule has 1 aromatic carbocycles. The fourth-order valence-electron chi connectivity index (χ4n) is 4.35. The van der Waals surface area contributed by atoms with Crippen molar-refractivity contribution in [1.82, 2.24) is 4.90 Å². The number of fused-ring (bicyclic) bond motifs is 1. The summed E-state index contributed by atoms with van der Waals surface area (Å²) in [5.74, 6) is 1.31. The van der Waals surface area contributed by atoms with Crippen molar-refractivity contribution in [2.24, 2.45) is 11.8 Å². The number of nitro groups is 1. The maximum Gasteiger partial charge on any atom is 0.293 e. The lowest BCUT2D eigenvalue weighted by Crippen LogP contribution is -2.44.